The molecule has 0 fully saturated rings. The van der Waals surface area contributed by atoms with E-state index in [1.54, 1.807) is 23.1 Å². The summed E-state index contributed by atoms with van der Waals surface area (Å²) in [6, 6.07) is 8.49. The summed E-state index contributed by atoms with van der Waals surface area (Å²) in [6.45, 7) is 4.16. The van der Waals surface area contributed by atoms with Crippen LogP contribution in [-0.4, -0.2) is 16.8 Å². The maximum atomic E-state index is 6.18. The van der Waals surface area contributed by atoms with E-state index in [-0.39, 0.29) is 6.04 Å². The van der Waals surface area contributed by atoms with Crippen molar-refractivity contribution in [2.45, 2.75) is 31.2 Å². The molecule has 102 valence electrons. The number of thiazole rings is 1. The molecule has 0 aliphatic rings. The molecule has 1 unspecified atom stereocenters. The maximum Gasteiger partial charge on any atom is 0.0946 e. The molecule has 0 saturated carbocycles. The lowest BCUT2D eigenvalue weighted by Gasteiger charge is -2.09. The summed E-state index contributed by atoms with van der Waals surface area (Å²) < 4.78 is 1.11. The summed E-state index contributed by atoms with van der Waals surface area (Å²) in [7, 11) is 0. The van der Waals surface area contributed by atoms with Crippen LogP contribution in [0.2, 0.25) is 0 Å². The molecule has 0 saturated heterocycles. The van der Waals surface area contributed by atoms with Crippen molar-refractivity contribution in [3.63, 3.8) is 0 Å². The van der Waals surface area contributed by atoms with Gasteiger partial charge in [-0.15, -0.1) is 23.1 Å². The van der Waals surface area contributed by atoms with Crippen molar-refractivity contribution < 1.29 is 0 Å². The molecule has 1 aromatic carbocycles. The predicted octanol–water partition coefficient (Wildman–Crippen LogP) is 4.18. The van der Waals surface area contributed by atoms with Gasteiger partial charge in [0.2, 0.25) is 0 Å². The van der Waals surface area contributed by atoms with Crippen molar-refractivity contribution in [3.8, 4) is 0 Å². The Hall–Kier alpha value is -0.360. The number of benzene rings is 1. The van der Waals surface area contributed by atoms with Crippen LogP contribution in [0.3, 0.4) is 0 Å². The molecular formula is C14H17BrN2S2. The molecule has 1 heterocycles. The molecule has 0 aliphatic heterocycles. The summed E-state index contributed by atoms with van der Waals surface area (Å²) in [6.07, 6.45) is 0.864. The molecule has 5 heteroatoms. The van der Waals surface area contributed by atoms with Gasteiger partial charge in [0.05, 0.1) is 10.7 Å². The molecule has 0 aliphatic carbocycles. The van der Waals surface area contributed by atoms with Crippen molar-refractivity contribution >= 4 is 39.0 Å². The summed E-state index contributed by atoms with van der Waals surface area (Å²) in [5.74, 6) is 0.916. The molecule has 0 spiro atoms. The third-order valence-corrected chi connectivity index (χ3v) is 5.61. The highest BCUT2D eigenvalue weighted by atomic mass is 79.9. The fourth-order valence-electron chi connectivity index (χ4n) is 1.64. The molecule has 0 bridgehead atoms. The van der Waals surface area contributed by atoms with E-state index in [1.165, 1.54) is 9.77 Å². The normalized spacial score (nSPS) is 12.6. The highest BCUT2D eigenvalue weighted by Gasteiger charge is 2.09. The van der Waals surface area contributed by atoms with Gasteiger partial charge in [-0.2, -0.15) is 0 Å². The average molecular weight is 357 g/mol. The van der Waals surface area contributed by atoms with Crippen molar-refractivity contribution in [1.82, 2.24) is 4.98 Å². The Labute approximate surface area is 131 Å². The van der Waals surface area contributed by atoms with Crippen LogP contribution in [-0.2, 0) is 6.42 Å². The van der Waals surface area contributed by atoms with Crippen LogP contribution in [0.1, 0.15) is 15.6 Å². The van der Waals surface area contributed by atoms with Gasteiger partial charge in [0.1, 0.15) is 0 Å². The Balaban J connectivity index is 1.84. The minimum Gasteiger partial charge on any atom is -0.327 e. The van der Waals surface area contributed by atoms with Crippen LogP contribution in [0.5, 0.6) is 0 Å². The number of aryl methyl sites for hydroxylation is 2. The number of nitrogens with two attached hydrogens (primary N) is 1. The Morgan fingerprint density at radius 1 is 1.32 bits per heavy atom. The van der Waals surface area contributed by atoms with E-state index in [4.69, 9.17) is 5.73 Å². The van der Waals surface area contributed by atoms with E-state index >= 15 is 0 Å². The van der Waals surface area contributed by atoms with Gasteiger partial charge in [0.25, 0.3) is 0 Å². The zero-order chi connectivity index (χ0) is 13.8. The van der Waals surface area contributed by atoms with Crippen LogP contribution in [0.4, 0.5) is 0 Å². The number of hydrogen-bond donors (Lipinski definition) is 1. The second-order valence-electron chi connectivity index (χ2n) is 4.48. The molecule has 2 aromatic rings. The van der Waals surface area contributed by atoms with Gasteiger partial charge >= 0.3 is 0 Å². The largest absolute Gasteiger partial charge is 0.327 e. The lowest BCUT2D eigenvalue weighted by Crippen LogP contribution is -2.25. The van der Waals surface area contributed by atoms with Crippen molar-refractivity contribution in [2.75, 3.05) is 5.75 Å². The van der Waals surface area contributed by atoms with Crippen LogP contribution in [0, 0.1) is 13.8 Å². The standard InChI is InChI=1S/C14H17BrN2S2/c1-9-10(2)19-14(17-9)7-12(16)8-18-13-5-3-11(15)4-6-13/h3-6,12H,7-8,16H2,1-2H3. The van der Waals surface area contributed by atoms with Crippen molar-refractivity contribution in [1.29, 1.82) is 0 Å². The first-order chi connectivity index (χ1) is 9.04. The topological polar surface area (TPSA) is 38.9 Å². The zero-order valence-corrected chi connectivity index (χ0v) is 14.2. The fraction of sp³-hybridized carbons (Fsp3) is 0.357. The SMILES string of the molecule is Cc1nc(CC(N)CSc2ccc(Br)cc2)sc1C. The van der Waals surface area contributed by atoms with E-state index in [2.05, 4.69) is 59.0 Å². The lowest BCUT2D eigenvalue weighted by atomic mass is 10.2. The van der Waals surface area contributed by atoms with Crippen LogP contribution in [0.25, 0.3) is 0 Å². The summed E-state index contributed by atoms with van der Waals surface area (Å²) in [5.41, 5.74) is 7.31. The Bertz CT molecular complexity index is 517. The third-order valence-electron chi connectivity index (χ3n) is 2.79. The van der Waals surface area contributed by atoms with E-state index < -0.39 is 0 Å². The van der Waals surface area contributed by atoms with Gasteiger partial charge in [-0.3, -0.25) is 0 Å². The number of rotatable bonds is 5. The molecule has 2 N–H and O–H groups in total. The average Bonchev–Trinajstić information content (AvgIpc) is 2.67. The van der Waals surface area contributed by atoms with E-state index in [9.17, 15) is 0 Å². The van der Waals surface area contributed by atoms with E-state index in [0.29, 0.717) is 0 Å². The molecular weight excluding hydrogens is 340 g/mol. The van der Waals surface area contributed by atoms with Gasteiger partial charge in [0, 0.05) is 32.5 Å². The number of halogens is 1. The Morgan fingerprint density at radius 3 is 2.58 bits per heavy atom. The highest BCUT2D eigenvalue weighted by Crippen LogP contribution is 2.23. The van der Waals surface area contributed by atoms with E-state index in [1.807, 2.05) is 0 Å². The lowest BCUT2D eigenvalue weighted by molar-refractivity contribution is 0.742. The molecule has 19 heavy (non-hydrogen) atoms. The second kappa shape index (κ2) is 6.88. The molecule has 1 aromatic heterocycles. The monoisotopic (exact) mass is 356 g/mol. The first kappa shape index (κ1) is 15.0. The first-order valence-electron chi connectivity index (χ1n) is 6.11. The minimum atomic E-state index is 0.151. The van der Waals surface area contributed by atoms with Crippen LogP contribution >= 0.6 is 39.0 Å². The van der Waals surface area contributed by atoms with Crippen LogP contribution in [0.15, 0.2) is 33.6 Å². The fourth-order valence-corrected chi connectivity index (χ4v) is 3.79. The molecule has 2 rings (SSSR count). The highest BCUT2D eigenvalue weighted by molar-refractivity contribution is 9.10. The van der Waals surface area contributed by atoms with Crippen molar-refractivity contribution in [2.24, 2.45) is 5.73 Å². The third kappa shape index (κ3) is 4.60. The molecule has 0 amide bonds. The number of hydrogen-bond acceptors (Lipinski definition) is 4. The molecule has 0 radical (unpaired) electrons. The van der Waals surface area contributed by atoms with Crippen LogP contribution < -0.4 is 5.73 Å². The van der Waals surface area contributed by atoms with Gasteiger partial charge in [0.15, 0.2) is 0 Å². The Morgan fingerprint density at radius 2 is 2.00 bits per heavy atom. The minimum absolute atomic E-state index is 0.151. The number of aromatic nitrogens is 1. The first-order valence-corrected chi connectivity index (χ1v) is 8.71. The quantitative estimate of drug-likeness (QED) is 0.816. The summed E-state index contributed by atoms with van der Waals surface area (Å²) in [5, 5.41) is 1.15. The van der Waals surface area contributed by atoms with Gasteiger partial charge < -0.3 is 5.73 Å². The zero-order valence-electron chi connectivity index (χ0n) is 11.0. The number of thioether (sulfide) groups is 1. The van der Waals surface area contributed by atoms with Gasteiger partial charge in [-0.25, -0.2) is 4.98 Å². The predicted molar refractivity (Wildman–Crippen MR) is 88.1 cm³/mol. The maximum absolute atomic E-state index is 6.18. The van der Waals surface area contributed by atoms with E-state index in [0.717, 1.165) is 27.3 Å². The Kier molecular flexibility index (Phi) is 5.45. The smallest absolute Gasteiger partial charge is 0.0946 e. The molecule has 2 nitrogen and oxygen atoms in total. The summed E-state index contributed by atoms with van der Waals surface area (Å²) in [4.78, 5) is 7.09. The summed E-state index contributed by atoms with van der Waals surface area (Å²) >= 11 is 7.00. The van der Waals surface area contributed by atoms with Gasteiger partial charge in [-0.05, 0) is 38.1 Å². The molecule has 1 atom stereocenters. The number of nitrogens with zero attached hydrogens (tertiary/aromatic N) is 1. The van der Waals surface area contributed by atoms with Crippen molar-refractivity contribution in [3.05, 3.63) is 44.3 Å². The second-order valence-corrected chi connectivity index (χ2v) is 7.78. The van der Waals surface area contributed by atoms with Gasteiger partial charge in [-0.1, -0.05) is 15.9 Å².